The summed E-state index contributed by atoms with van der Waals surface area (Å²) in [6.45, 7) is 15.0. The topological polar surface area (TPSA) is 18.5 Å². The minimum Gasteiger partial charge on any atom is -0.493 e. The predicted octanol–water partition coefficient (Wildman–Crippen LogP) is 5.49. The summed E-state index contributed by atoms with van der Waals surface area (Å²) >= 11 is 3.42. The lowest BCUT2D eigenvalue weighted by molar-refractivity contribution is 0.177. The van der Waals surface area contributed by atoms with E-state index in [0.29, 0.717) is 12.5 Å². The van der Waals surface area contributed by atoms with Gasteiger partial charge in [0, 0.05) is 17.0 Å². The average Bonchev–Trinajstić information content (AvgIpc) is 2.34. The first-order valence-corrected chi connectivity index (χ1v) is 10.8. The zero-order chi connectivity index (χ0) is 15.4. The summed E-state index contributed by atoms with van der Waals surface area (Å²) in [6, 6.07) is 7.94. The number of ether oxygens (including phenoxy) is 1. The van der Waals surface area contributed by atoms with Crippen molar-refractivity contribution in [1.82, 2.24) is 0 Å². The van der Waals surface area contributed by atoms with E-state index in [9.17, 15) is 0 Å². The van der Waals surface area contributed by atoms with E-state index in [4.69, 9.17) is 9.16 Å². The Labute approximate surface area is 133 Å². The maximum absolute atomic E-state index is 6.21. The van der Waals surface area contributed by atoms with Gasteiger partial charge in [-0.1, -0.05) is 43.6 Å². The van der Waals surface area contributed by atoms with Crippen LogP contribution in [0.15, 0.2) is 28.7 Å². The summed E-state index contributed by atoms with van der Waals surface area (Å²) < 4.78 is 13.1. The Morgan fingerprint density at radius 3 is 2.15 bits per heavy atom. The van der Waals surface area contributed by atoms with Gasteiger partial charge in [0.25, 0.3) is 0 Å². The molecule has 2 nitrogen and oxygen atoms in total. The summed E-state index contributed by atoms with van der Waals surface area (Å²) in [5.41, 5.74) is 0. The fraction of sp³-hybridized carbons (Fsp3) is 0.625. The molecule has 0 aliphatic rings. The van der Waals surface area contributed by atoms with E-state index in [1.165, 1.54) is 0 Å². The van der Waals surface area contributed by atoms with Crippen LogP contribution in [0.25, 0.3) is 0 Å². The third-order valence-electron chi connectivity index (χ3n) is 3.88. The lowest BCUT2D eigenvalue weighted by atomic mass is 10.2. The van der Waals surface area contributed by atoms with Gasteiger partial charge < -0.3 is 9.16 Å². The van der Waals surface area contributed by atoms with Crippen LogP contribution in [0.4, 0.5) is 0 Å². The average molecular weight is 359 g/mol. The van der Waals surface area contributed by atoms with Crippen LogP contribution in [0.5, 0.6) is 5.75 Å². The SMILES string of the molecule is C[C@@H](COc1ccc(Br)cc1)CO[Si](C)(C)C(C)(C)C. The highest BCUT2D eigenvalue weighted by atomic mass is 79.9. The summed E-state index contributed by atoms with van der Waals surface area (Å²) in [5, 5.41) is 0.263. The van der Waals surface area contributed by atoms with Crippen molar-refractivity contribution >= 4 is 24.2 Å². The Hall–Kier alpha value is -0.323. The molecule has 0 saturated heterocycles. The van der Waals surface area contributed by atoms with E-state index in [1.54, 1.807) is 0 Å². The maximum atomic E-state index is 6.21. The lowest BCUT2D eigenvalue weighted by Crippen LogP contribution is -2.42. The number of rotatable bonds is 6. The molecule has 0 aliphatic heterocycles. The fourth-order valence-electron chi connectivity index (χ4n) is 1.38. The molecule has 0 saturated carbocycles. The van der Waals surface area contributed by atoms with Crippen molar-refractivity contribution in [3.8, 4) is 5.75 Å². The molecule has 0 unspecified atom stereocenters. The second-order valence-electron chi connectivity index (χ2n) is 6.94. The van der Waals surface area contributed by atoms with Crippen LogP contribution < -0.4 is 4.74 Å². The van der Waals surface area contributed by atoms with Gasteiger partial charge in [0.05, 0.1) is 6.61 Å². The summed E-state index contributed by atoms with van der Waals surface area (Å²) in [4.78, 5) is 0. The highest BCUT2D eigenvalue weighted by Gasteiger charge is 2.37. The Morgan fingerprint density at radius 1 is 1.10 bits per heavy atom. The molecular weight excluding hydrogens is 332 g/mol. The number of hydrogen-bond donors (Lipinski definition) is 0. The van der Waals surface area contributed by atoms with Gasteiger partial charge in [0.1, 0.15) is 5.75 Å². The highest BCUT2D eigenvalue weighted by Crippen LogP contribution is 2.36. The Morgan fingerprint density at radius 2 is 1.65 bits per heavy atom. The summed E-state index contributed by atoms with van der Waals surface area (Å²) in [6.07, 6.45) is 0. The Bertz CT molecular complexity index is 409. The second-order valence-corrected chi connectivity index (χ2v) is 12.7. The van der Waals surface area contributed by atoms with Gasteiger partial charge in [-0.15, -0.1) is 0 Å². The molecule has 0 bridgehead atoms. The highest BCUT2D eigenvalue weighted by molar-refractivity contribution is 9.10. The minimum absolute atomic E-state index is 0.263. The zero-order valence-electron chi connectivity index (χ0n) is 13.5. The molecule has 1 atom stereocenters. The molecule has 0 aromatic heterocycles. The molecule has 20 heavy (non-hydrogen) atoms. The van der Waals surface area contributed by atoms with Crippen molar-refractivity contribution in [2.75, 3.05) is 13.2 Å². The molecule has 1 rings (SSSR count). The monoisotopic (exact) mass is 358 g/mol. The van der Waals surface area contributed by atoms with Crippen molar-refractivity contribution in [1.29, 1.82) is 0 Å². The third-order valence-corrected chi connectivity index (χ3v) is 8.91. The van der Waals surface area contributed by atoms with E-state index in [1.807, 2.05) is 24.3 Å². The minimum atomic E-state index is -1.65. The van der Waals surface area contributed by atoms with Crippen molar-refractivity contribution in [3.63, 3.8) is 0 Å². The number of hydrogen-bond acceptors (Lipinski definition) is 2. The van der Waals surface area contributed by atoms with Gasteiger partial charge in [-0.2, -0.15) is 0 Å². The molecule has 1 aromatic rings. The smallest absolute Gasteiger partial charge is 0.191 e. The van der Waals surface area contributed by atoms with Gasteiger partial charge in [-0.05, 0) is 42.4 Å². The van der Waals surface area contributed by atoms with Crippen LogP contribution in [-0.2, 0) is 4.43 Å². The van der Waals surface area contributed by atoms with E-state index in [2.05, 4.69) is 56.7 Å². The largest absolute Gasteiger partial charge is 0.493 e. The second kappa shape index (κ2) is 7.10. The van der Waals surface area contributed by atoms with Crippen LogP contribution in [0.2, 0.25) is 18.1 Å². The molecule has 0 N–H and O–H groups in total. The van der Waals surface area contributed by atoms with Crippen molar-refractivity contribution in [2.24, 2.45) is 5.92 Å². The normalized spacial score (nSPS) is 14.2. The van der Waals surface area contributed by atoms with Gasteiger partial charge in [-0.25, -0.2) is 0 Å². The van der Waals surface area contributed by atoms with Crippen LogP contribution in [0, 0.1) is 5.92 Å². The van der Waals surface area contributed by atoms with E-state index >= 15 is 0 Å². The number of benzene rings is 1. The van der Waals surface area contributed by atoms with Crippen LogP contribution in [0.1, 0.15) is 27.7 Å². The van der Waals surface area contributed by atoms with Gasteiger partial charge in [0.2, 0.25) is 0 Å². The van der Waals surface area contributed by atoms with Crippen molar-refractivity contribution in [3.05, 3.63) is 28.7 Å². The molecule has 1 aromatic carbocycles. The van der Waals surface area contributed by atoms with E-state index < -0.39 is 8.32 Å². The van der Waals surface area contributed by atoms with Crippen molar-refractivity contribution < 1.29 is 9.16 Å². The van der Waals surface area contributed by atoms with Gasteiger partial charge in [-0.3, -0.25) is 0 Å². The molecule has 0 radical (unpaired) electrons. The molecular formula is C16H27BrO2Si. The molecule has 114 valence electrons. The quantitative estimate of drug-likeness (QED) is 0.626. The van der Waals surface area contributed by atoms with E-state index in [0.717, 1.165) is 16.8 Å². The first kappa shape index (κ1) is 17.7. The molecule has 4 heteroatoms. The van der Waals surface area contributed by atoms with Crippen molar-refractivity contribution in [2.45, 2.75) is 45.8 Å². The molecule has 0 aliphatic carbocycles. The molecule has 0 amide bonds. The first-order valence-electron chi connectivity index (χ1n) is 7.14. The van der Waals surface area contributed by atoms with E-state index in [-0.39, 0.29) is 5.04 Å². The van der Waals surface area contributed by atoms with Crippen LogP contribution >= 0.6 is 15.9 Å². The first-order chi connectivity index (χ1) is 9.12. The van der Waals surface area contributed by atoms with Crippen LogP contribution in [-0.4, -0.2) is 21.5 Å². The summed E-state index contributed by atoms with van der Waals surface area (Å²) in [5.74, 6) is 1.31. The maximum Gasteiger partial charge on any atom is 0.191 e. The molecule has 0 spiro atoms. The van der Waals surface area contributed by atoms with Crippen LogP contribution in [0.3, 0.4) is 0 Å². The Balaban J connectivity index is 2.37. The van der Waals surface area contributed by atoms with Gasteiger partial charge >= 0.3 is 0 Å². The van der Waals surface area contributed by atoms with Gasteiger partial charge in [0.15, 0.2) is 8.32 Å². The molecule has 0 fully saturated rings. The number of halogens is 1. The molecule has 0 heterocycles. The predicted molar refractivity (Wildman–Crippen MR) is 92.0 cm³/mol. The zero-order valence-corrected chi connectivity index (χ0v) is 16.1. The third kappa shape index (κ3) is 5.58. The Kier molecular flexibility index (Phi) is 6.29. The lowest BCUT2D eigenvalue weighted by Gasteiger charge is -2.37. The summed E-state index contributed by atoms with van der Waals surface area (Å²) in [7, 11) is -1.65. The standard InChI is InChI=1S/C16H27BrO2Si/c1-13(12-19-20(5,6)16(2,3)4)11-18-15-9-7-14(17)8-10-15/h7-10,13H,11-12H2,1-6H3/t13-/m0/s1. The fourth-order valence-corrected chi connectivity index (χ4v) is 2.78.